The molecule has 3 nitrogen and oxygen atoms in total. The number of amides is 1. The quantitative estimate of drug-likeness (QED) is 0.763. The first-order valence-corrected chi connectivity index (χ1v) is 6.59. The Bertz CT molecular complexity index is 259. The molecule has 1 saturated heterocycles. The molecule has 16 heavy (non-hydrogen) atoms. The molecule has 0 bridgehead atoms. The molecule has 0 aromatic rings. The van der Waals surface area contributed by atoms with Gasteiger partial charge in [-0.3, -0.25) is 4.79 Å². The minimum absolute atomic E-state index is 0.162. The third-order valence-electron chi connectivity index (χ3n) is 4.27. The zero-order chi connectivity index (χ0) is 11.6. The van der Waals surface area contributed by atoms with E-state index in [1.54, 1.807) is 0 Å². The minimum atomic E-state index is -0.162. The van der Waals surface area contributed by atoms with Crippen LogP contribution in [0.25, 0.3) is 0 Å². The molecule has 2 aliphatic rings. The lowest BCUT2D eigenvalue weighted by Gasteiger charge is -2.22. The van der Waals surface area contributed by atoms with Crippen molar-refractivity contribution in [2.45, 2.75) is 39.5 Å². The molecular formula is C13H24N2O. The van der Waals surface area contributed by atoms with Crippen molar-refractivity contribution < 1.29 is 4.79 Å². The van der Waals surface area contributed by atoms with Crippen LogP contribution in [0.1, 0.15) is 39.5 Å². The molecule has 2 N–H and O–H groups in total. The summed E-state index contributed by atoms with van der Waals surface area (Å²) in [4.78, 5) is 12.1. The van der Waals surface area contributed by atoms with Crippen molar-refractivity contribution in [3.05, 3.63) is 0 Å². The van der Waals surface area contributed by atoms with Gasteiger partial charge in [0.1, 0.15) is 0 Å². The van der Waals surface area contributed by atoms with E-state index in [9.17, 15) is 4.79 Å². The summed E-state index contributed by atoms with van der Waals surface area (Å²) in [6.07, 6.45) is 4.88. The molecule has 2 fully saturated rings. The number of rotatable bonds is 3. The fourth-order valence-electron chi connectivity index (χ4n) is 2.97. The maximum absolute atomic E-state index is 12.1. The summed E-state index contributed by atoms with van der Waals surface area (Å²) in [5, 5.41) is 6.42. The zero-order valence-electron chi connectivity index (χ0n) is 10.5. The maximum Gasteiger partial charge on any atom is 0.227 e. The standard InChI is InChI=1S/C13H24N2O/c1-10-3-4-11(7-10)8-15-12(16)13(2)5-6-14-9-13/h10-11,14H,3-9H2,1-2H3,(H,15,16). The van der Waals surface area contributed by atoms with E-state index in [4.69, 9.17) is 0 Å². The molecule has 92 valence electrons. The van der Waals surface area contributed by atoms with Crippen molar-refractivity contribution >= 4 is 5.91 Å². The van der Waals surface area contributed by atoms with Crippen LogP contribution in [0.4, 0.5) is 0 Å². The Morgan fingerprint density at radius 1 is 1.50 bits per heavy atom. The first kappa shape index (κ1) is 11.9. The van der Waals surface area contributed by atoms with E-state index in [1.165, 1.54) is 19.3 Å². The highest BCUT2D eigenvalue weighted by atomic mass is 16.2. The van der Waals surface area contributed by atoms with Gasteiger partial charge in [-0.15, -0.1) is 0 Å². The van der Waals surface area contributed by atoms with Crippen molar-refractivity contribution in [3.8, 4) is 0 Å². The Morgan fingerprint density at radius 2 is 2.31 bits per heavy atom. The summed E-state index contributed by atoms with van der Waals surface area (Å²) >= 11 is 0. The van der Waals surface area contributed by atoms with Gasteiger partial charge in [0.05, 0.1) is 5.41 Å². The van der Waals surface area contributed by atoms with E-state index in [0.29, 0.717) is 0 Å². The van der Waals surface area contributed by atoms with Crippen molar-refractivity contribution in [2.75, 3.05) is 19.6 Å². The monoisotopic (exact) mass is 224 g/mol. The molecule has 0 aromatic heterocycles. The van der Waals surface area contributed by atoms with Crippen LogP contribution in [0.5, 0.6) is 0 Å². The summed E-state index contributed by atoms with van der Waals surface area (Å²) in [7, 11) is 0. The fourth-order valence-corrected chi connectivity index (χ4v) is 2.97. The number of hydrogen-bond donors (Lipinski definition) is 2. The van der Waals surface area contributed by atoms with E-state index in [1.807, 2.05) is 0 Å². The molecule has 1 saturated carbocycles. The molecule has 2 rings (SSSR count). The zero-order valence-corrected chi connectivity index (χ0v) is 10.5. The molecule has 0 radical (unpaired) electrons. The van der Waals surface area contributed by atoms with Gasteiger partial charge in [-0.2, -0.15) is 0 Å². The summed E-state index contributed by atoms with van der Waals surface area (Å²) in [5.74, 6) is 1.82. The lowest BCUT2D eigenvalue weighted by atomic mass is 9.88. The Hall–Kier alpha value is -0.570. The predicted octanol–water partition coefficient (Wildman–Crippen LogP) is 1.54. The van der Waals surface area contributed by atoms with Gasteiger partial charge in [0, 0.05) is 13.1 Å². The van der Waals surface area contributed by atoms with E-state index in [-0.39, 0.29) is 11.3 Å². The van der Waals surface area contributed by atoms with E-state index >= 15 is 0 Å². The van der Waals surface area contributed by atoms with Crippen LogP contribution >= 0.6 is 0 Å². The lowest BCUT2D eigenvalue weighted by molar-refractivity contribution is -0.129. The highest BCUT2D eigenvalue weighted by Crippen LogP contribution is 2.30. The number of carbonyl (C=O) groups is 1. The van der Waals surface area contributed by atoms with Crippen LogP contribution in [0.2, 0.25) is 0 Å². The smallest absolute Gasteiger partial charge is 0.227 e. The first-order valence-electron chi connectivity index (χ1n) is 6.59. The average Bonchev–Trinajstić information content (AvgIpc) is 2.85. The second kappa shape index (κ2) is 4.74. The highest BCUT2D eigenvalue weighted by molar-refractivity contribution is 5.82. The summed E-state index contributed by atoms with van der Waals surface area (Å²) in [6.45, 7) is 7.08. The van der Waals surface area contributed by atoms with E-state index in [0.717, 1.165) is 37.9 Å². The van der Waals surface area contributed by atoms with Gasteiger partial charge in [0.15, 0.2) is 0 Å². The van der Waals surface area contributed by atoms with Crippen LogP contribution in [0, 0.1) is 17.3 Å². The van der Waals surface area contributed by atoms with Crippen molar-refractivity contribution in [1.29, 1.82) is 0 Å². The minimum Gasteiger partial charge on any atom is -0.355 e. The third-order valence-corrected chi connectivity index (χ3v) is 4.27. The summed E-state index contributed by atoms with van der Waals surface area (Å²) in [6, 6.07) is 0. The number of hydrogen-bond acceptors (Lipinski definition) is 2. The molecule has 3 heteroatoms. The van der Waals surface area contributed by atoms with Crippen molar-refractivity contribution in [3.63, 3.8) is 0 Å². The predicted molar refractivity (Wildman–Crippen MR) is 65.1 cm³/mol. The maximum atomic E-state index is 12.1. The molecule has 0 spiro atoms. The topological polar surface area (TPSA) is 41.1 Å². The third kappa shape index (κ3) is 2.57. The Morgan fingerprint density at radius 3 is 2.88 bits per heavy atom. The first-order chi connectivity index (χ1) is 7.60. The second-order valence-electron chi connectivity index (χ2n) is 5.98. The van der Waals surface area contributed by atoms with Gasteiger partial charge in [-0.05, 0) is 44.6 Å². The normalized spacial score (nSPS) is 38.9. The van der Waals surface area contributed by atoms with Crippen molar-refractivity contribution in [2.24, 2.45) is 17.3 Å². The molecular weight excluding hydrogens is 200 g/mol. The van der Waals surface area contributed by atoms with Gasteiger partial charge in [-0.1, -0.05) is 13.3 Å². The largest absolute Gasteiger partial charge is 0.355 e. The molecule has 1 aliphatic heterocycles. The van der Waals surface area contributed by atoms with Crippen LogP contribution < -0.4 is 10.6 Å². The van der Waals surface area contributed by atoms with Crippen LogP contribution in [-0.2, 0) is 4.79 Å². The summed E-state index contributed by atoms with van der Waals surface area (Å²) in [5.41, 5.74) is -0.162. The molecule has 1 aliphatic carbocycles. The number of nitrogens with one attached hydrogen (secondary N) is 2. The van der Waals surface area contributed by atoms with Crippen molar-refractivity contribution in [1.82, 2.24) is 10.6 Å². The molecule has 3 unspecified atom stereocenters. The van der Waals surface area contributed by atoms with Gasteiger partial charge in [-0.25, -0.2) is 0 Å². The van der Waals surface area contributed by atoms with Crippen LogP contribution in [-0.4, -0.2) is 25.5 Å². The van der Waals surface area contributed by atoms with Gasteiger partial charge >= 0.3 is 0 Å². The lowest BCUT2D eigenvalue weighted by Crippen LogP contribution is -2.42. The second-order valence-corrected chi connectivity index (χ2v) is 5.98. The van der Waals surface area contributed by atoms with Crippen LogP contribution in [0.15, 0.2) is 0 Å². The van der Waals surface area contributed by atoms with Gasteiger partial charge < -0.3 is 10.6 Å². The Labute approximate surface area is 98.4 Å². The molecule has 3 atom stereocenters. The Kier molecular flexibility index (Phi) is 3.53. The van der Waals surface area contributed by atoms with Gasteiger partial charge in [0.25, 0.3) is 0 Å². The van der Waals surface area contributed by atoms with E-state index in [2.05, 4.69) is 24.5 Å². The molecule has 0 aromatic carbocycles. The van der Waals surface area contributed by atoms with E-state index < -0.39 is 0 Å². The van der Waals surface area contributed by atoms with Gasteiger partial charge in [0.2, 0.25) is 5.91 Å². The molecule has 1 amide bonds. The fraction of sp³-hybridized carbons (Fsp3) is 0.923. The Balaban J connectivity index is 1.75. The molecule has 1 heterocycles. The SMILES string of the molecule is CC1CCC(CNC(=O)C2(C)CCNC2)C1. The van der Waals surface area contributed by atoms with Crippen LogP contribution in [0.3, 0.4) is 0 Å². The highest BCUT2D eigenvalue weighted by Gasteiger charge is 2.36. The average molecular weight is 224 g/mol. The number of carbonyl (C=O) groups excluding carboxylic acids is 1. The summed E-state index contributed by atoms with van der Waals surface area (Å²) < 4.78 is 0.